The van der Waals surface area contributed by atoms with Crippen LogP contribution in [-0.4, -0.2) is 59.5 Å². The van der Waals surface area contributed by atoms with Crippen LogP contribution in [0.3, 0.4) is 0 Å². The van der Waals surface area contributed by atoms with Gasteiger partial charge in [0.05, 0.1) is 0 Å². The van der Waals surface area contributed by atoms with Crippen molar-refractivity contribution in [3.63, 3.8) is 0 Å². The van der Waals surface area contributed by atoms with Gasteiger partial charge in [-0.3, -0.25) is 4.79 Å². The fourth-order valence-electron chi connectivity index (χ4n) is 2.29. The first kappa shape index (κ1) is 14.7. The summed E-state index contributed by atoms with van der Waals surface area (Å²) in [5.74, 6) is -1.32. The van der Waals surface area contributed by atoms with Crippen molar-refractivity contribution in [2.45, 2.75) is 32.2 Å². The molecular weight excluding hydrogens is 232 g/mol. The lowest BCUT2D eigenvalue weighted by Gasteiger charge is -2.36. The fourth-order valence-corrected chi connectivity index (χ4v) is 2.29. The molecular formula is C13H22N2O3. The minimum Gasteiger partial charge on any atom is -0.478 e. The van der Waals surface area contributed by atoms with Gasteiger partial charge < -0.3 is 14.9 Å². The standard InChI is InChI=1S/C13H22N2O3/c1-3-8-15-9-6-11(7-10-15)14(2)12(16)4-5-13(17)18/h4-5,11H,3,6-10H2,1-2H3,(H,17,18)/b5-4+. The van der Waals surface area contributed by atoms with Crippen LogP contribution in [0.15, 0.2) is 12.2 Å². The highest BCUT2D eigenvalue weighted by Crippen LogP contribution is 2.15. The molecule has 0 radical (unpaired) electrons. The minimum absolute atomic E-state index is 0.226. The molecule has 5 heteroatoms. The van der Waals surface area contributed by atoms with Crippen molar-refractivity contribution >= 4 is 11.9 Å². The Morgan fingerprint density at radius 3 is 2.44 bits per heavy atom. The van der Waals surface area contributed by atoms with Gasteiger partial charge in [0.1, 0.15) is 0 Å². The van der Waals surface area contributed by atoms with Crippen molar-refractivity contribution in [3.8, 4) is 0 Å². The average Bonchev–Trinajstić information content (AvgIpc) is 2.36. The molecule has 1 amide bonds. The smallest absolute Gasteiger partial charge is 0.328 e. The van der Waals surface area contributed by atoms with Crippen molar-refractivity contribution in [3.05, 3.63) is 12.2 Å². The highest BCUT2D eigenvalue weighted by atomic mass is 16.4. The number of piperidine rings is 1. The summed E-state index contributed by atoms with van der Waals surface area (Å²) >= 11 is 0. The first-order chi connectivity index (χ1) is 8.54. The molecule has 1 fully saturated rings. The predicted octanol–water partition coefficient (Wildman–Crippen LogP) is 0.960. The number of carbonyl (C=O) groups excluding carboxylic acids is 1. The van der Waals surface area contributed by atoms with E-state index >= 15 is 0 Å². The molecule has 1 heterocycles. The summed E-state index contributed by atoms with van der Waals surface area (Å²) in [6, 6.07) is 0.226. The molecule has 0 spiro atoms. The van der Waals surface area contributed by atoms with E-state index in [9.17, 15) is 9.59 Å². The van der Waals surface area contributed by atoms with Gasteiger partial charge in [0.2, 0.25) is 5.91 Å². The SMILES string of the molecule is CCCN1CCC(N(C)C(=O)/C=C/C(=O)O)CC1. The van der Waals surface area contributed by atoms with Gasteiger partial charge in [-0.15, -0.1) is 0 Å². The second-order valence-electron chi connectivity index (χ2n) is 4.69. The number of amides is 1. The van der Waals surface area contributed by atoms with E-state index in [0.29, 0.717) is 0 Å². The largest absolute Gasteiger partial charge is 0.478 e. The number of rotatable bonds is 5. The Morgan fingerprint density at radius 1 is 1.33 bits per heavy atom. The molecule has 18 heavy (non-hydrogen) atoms. The maximum absolute atomic E-state index is 11.7. The lowest BCUT2D eigenvalue weighted by Crippen LogP contribution is -2.45. The Kier molecular flexibility index (Phi) is 5.85. The Balaban J connectivity index is 2.42. The molecule has 0 bridgehead atoms. The topological polar surface area (TPSA) is 60.9 Å². The lowest BCUT2D eigenvalue weighted by atomic mass is 10.0. The average molecular weight is 254 g/mol. The summed E-state index contributed by atoms with van der Waals surface area (Å²) in [5.41, 5.74) is 0. The molecule has 5 nitrogen and oxygen atoms in total. The van der Waals surface area contributed by atoms with Crippen LogP contribution < -0.4 is 0 Å². The van der Waals surface area contributed by atoms with Crippen LogP contribution in [0.2, 0.25) is 0 Å². The molecule has 0 aromatic carbocycles. The highest BCUT2D eigenvalue weighted by molar-refractivity contribution is 5.93. The normalized spacial score (nSPS) is 18.1. The van der Waals surface area contributed by atoms with Crippen molar-refractivity contribution < 1.29 is 14.7 Å². The number of hydrogen-bond acceptors (Lipinski definition) is 3. The summed E-state index contributed by atoms with van der Waals surface area (Å²) in [6.07, 6.45) is 5.10. The molecule has 1 aliphatic rings. The lowest BCUT2D eigenvalue weighted by molar-refractivity contribution is -0.132. The number of carbonyl (C=O) groups is 2. The monoisotopic (exact) mass is 254 g/mol. The van der Waals surface area contributed by atoms with E-state index in [-0.39, 0.29) is 11.9 Å². The second-order valence-corrected chi connectivity index (χ2v) is 4.69. The molecule has 1 aliphatic heterocycles. The van der Waals surface area contributed by atoms with Gasteiger partial charge >= 0.3 is 5.97 Å². The van der Waals surface area contributed by atoms with Gasteiger partial charge in [0.15, 0.2) is 0 Å². The Morgan fingerprint density at radius 2 is 1.94 bits per heavy atom. The van der Waals surface area contributed by atoms with E-state index in [1.807, 2.05) is 0 Å². The number of likely N-dealkylation sites (N-methyl/N-ethyl adjacent to an activating group) is 1. The maximum atomic E-state index is 11.7. The Labute approximate surface area is 108 Å². The maximum Gasteiger partial charge on any atom is 0.328 e. The van der Waals surface area contributed by atoms with Gasteiger partial charge in [0.25, 0.3) is 0 Å². The van der Waals surface area contributed by atoms with Gasteiger partial charge in [-0.1, -0.05) is 6.92 Å². The van der Waals surface area contributed by atoms with Gasteiger partial charge in [0, 0.05) is 38.3 Å². The third kappa shape index (κ3) is 4.49. The van der Waals surface area contributed by atoms with Gasteiger partial charge in [-0.25, -0.2) is 4.79 Å². The van der Waals surface area contributed by atoms with E-state index in [4.69, 9.17) is 5.11 Å². The predicted molar refractivity (Wildman–Crippen MR) is 69.3 cm³/mol. The van der Waals surface area contributed by atoms with Crippen LogP contribution in [-0.2, 0) is 9.59 Å². The number of nitrogens with zero attached hydrogens (tertiary/aromatic N) is 2. The van der Waals surface area contributed by atoms with Crippen LogP contribution in [0, 0.1) is 0 Å². The summed E-state index contributed by atoms with van der Waals surface area (Å²) < 4.78 is 0. The number of likely N-dealkylation sites (tertiary alicyclic amines) is 1. The molecule has 0 aromatic heterocycles. The zero-order valence-corrected chi connectivity index (χ0v) is 11.1. The number of carboxylic acid groups (broad SMARTS) is 1. The van der Waals surface area contributed by atoms with Crippen LogP contribution in [0.5, 0.6) is 0 Å². The molecule has 102 valence electrons. The van der Waals surface area contributed by atoms with Crippen molar-refractivity contribution in [2.24, 2.45) is 0 Å². The van der Waals surface area contributed by atoms with Crippen LogP contribution in [0.25, 0.3) is 0 Å². The summed E-state index contributed by atoms with van der Waals surface area (Å²) in [6.45, 7) is 5.30. The first-order valence-corrected chi connectivity index (χ1v) is 6.44. The van der Waals surface area contributed by atoms with E-state index < -0.39 is 5.97 Å². The summed E-state index contributed by atoms with van der Waals surface area (Å²) in [7, 11) is 1.74. The molecule has 1 saturated heterocycles. The number of carboxylic acids is 1. The van der Waals surface area contributed by atoms with E-state index in [0.717, 1.165) is 51.0 Å². The molecule has 0 unspecified atom stereocenters. The first-order valence-electron chi connectivity index (χ1n) is 6.44. The zero-order chi connectivity index (χ0) is 13.5. The van der Waals surface area contributed by atoms with Crippen molar-refractivity contribution in [1.29, 1.82) is 0 Å². The summed E-state index contributed by atoms with van der Waals surface area (Å²) in [5, 5.41) is 8.48. The van der Waals surface area contributed by atoms with Crippen molar-refractivity contribution in [2.75, 3.05) is 26.7 Å². The Bertz CT molecular complexity index is 320. The third-order valence-electron chi connectivity index (χ3n) is 3.36. The van der Waals surface area contributed by atoms with E-state index in [1.54, 1.807) is 11.9 Å². The number of aliphatic carboxylic acids is 1. The van der Waals surface area contributed by atoms with Gasteiger partial charge in [-0.05, 0) is 25.8 Å². The molecule has 0 saturated carbocycles. The molecule has 0 aliphatic carbocycles. The highest BCUT2D eigenvalue weighted by Gasteiger charge is 2.23. The summed E-state index contributed by atoms with van der Waals surface area (Å²) in [4.78, 5) is 26.1. The quantitative estimate of drug-likeness (QED) is 0.742. The van der Waals surface area contributed by atoms with Crippen LogP contribution in [0.4, 0.5) is 0 Å². The number of hydrogen-bond donors (Lipinski definition) is 1. The van der Waals surface area contributed by atoms with Gasteiger partial charge in [-0.2, -0.15) is 0 Å². The second kappa shape index (κ2) is 7.16. The molecule has 0 atom stereocenters. The molecule has 1 N–H and O–H groups in total. The minimum atomic E-state index is -1.09. The molecule has 0 aromatic rings. The van der Waals surface area contributed by atoms with Crippen LogP contribution in [0.1, 0.15) is 26.2 Å². The zero-order valence-electron chi connectivity index (χ0n) is 11.1. The van der Waals surface area contributed by atoms with E-state index in [1.165, 1.54) is 0 Å². The molecule has 1 rings (SSSR count). The van der Waals surface area contributed by atoms with E-state index in [2.05, 4.69) is 11.8 Å². The Hall–Kier alpha value is -1.36. The van der Waals surface area contributed by atoms with Crippen molar-refractivity contribution in [1.82, 2.24) is 9.80 Å². The fraction of sp³-hybridized carbons (Fsp3) is 0.692. The van der Waals surface area contributed by atoms with Crippen LogP contribution >= 0.6 is 0 Å². The third-order valence-corrected chi connectivity index (χ3v) is 3.36.